The summed E-state index contributed by atoms with van der Waals surface area (Å²) in [5.74, 6) is 0.129. The van der Waals surface area contributed by atoms with E-state index in [2.05, 4.69) is 14.7 Å². The fourth-order valence-corrected chi connectivity index (χ4v) is 4.66. The van der Waals surface area contributed by atoms with Crippen molar-refractivity contribution in [3.05, 3.63) is 36.2 Å². The maximum Gasteiger partial charge on any atom is 0.417 e. The molecule has 0 bridgehead atoms. The van der Waals surface area contributed by atoms with E-state index in [4.69, 9.17) is 5.73 Å². The lowest BCUT2D eigenvalue weighted by atomic mass is 9.94. The first kappa shape index (κ1) is 20.5. The topological polar surface area (TPSA) is 118 Å². The number of nitrogens with zero attached hydrogens (tertiary/aromatic N) is 2. The molecule has 0 aliphatic heterocycles. The minimum atomic E-state index is -4.85. The van der Waals surface area contributed by atoms with Crippen LogP contribution in [0.2, 0.25) is 0 Å². The van der Waals surface area contributed by atoms with Gasteiger partial charge in [0.2, 0.25) is 10.0 Å². The van der Waals surface area contributed by atoms with Gasteiger partial charge in [-0.1, -0.05) is 6.07 Å². The Balaban J connectivity index is 2.00. The van der Waals surface area contributed by atoms with Crippen molar-refractivity contribution in [2.45, 2.75) is 48.9 Å². The molecule has 1 aliphatic carbocycles. The predicted octanol–water partition coefficient (Wildman–Crippen LogP) is 2.33. The highest BCUT2D eigenvalue weighted by Crippen LogP contribution is 2.36. The normalized spacial score (nSPS) is 20.9. The molecule has 1 aromatic carbocycles. The summed E-state index contributed by atoms with van der Waals surface area (Å²) in [6, 6.07) is 2.25. The van der Waals surface area contributed by atoms with Crippen LogP contribution in [0.15, 0.2) is 35.5 Å². The molecule has 2 aromatic rings. The van der Waals surface area contributed by atoms with Gasteiger partial charge in [0.1, 0.15) is 5.82 Å². The van der Waals surface area contributed by atoms with Crippen LogP contribution in [-0.2, 0) is 16.2 Å². The summed E-state index contributed by atoms with van der Waals surface area (Å²) in [6.07, 6.45) is -1.40. The third kappa shape index (κ3) is 4.59. The van der Waals surface area contributed by atoms with E-state index >= 15 is 0 Å². The van der Waals surface area contributed by atoms with Gasteiger partial charge in [-0.3, -0.25) is 4.98 Å². The van der Waals surface area contributed by atoms with Gasteiger partial charge in [-0.15, -0.1) is 0 Å². The first-order valence-electron chi connectivity index (χ1n) is 8.56. The zero-order valence-electron chi connectivity index (χ0n) is 14.6. The summed E-state index contributed by atoms with van der Waals surface area (Å²) in [6.45, 7) is 0. The number of halogens is 3. The molecule has 0 amide bonds. The Morgan fingerprint density at radius 1 is 1.11 bits per heavy atom. The Morgan fingerprint density at radius 3 is 2.36 bits per heavy atom. The van der Waals surface area contributed by atoms with Crippen molar-refractivity contribution in [2.24, 2.45) is 0 Å². The predicted molar refractivity (Wildman–Crippen MR) is 95.5 cm³/mol. The second kappa shape index (κ2) is 7.64. The first-order chi connectivity index (χ1) is 13.1. The fraction of sp³-hybridized carbons (Fsp3) is 0.412. The number of nitrogen functional groups attached to an aromatic ring is 1. The van der Waals surface area contributed by atoms with Crippen molar-refractivity contribution >= 4 is 15.8 Å². The van der Waals surface area contributed by atoms with Crippen LogP contribution in [0.25, 0.3) is 11.3 Å². The number of alkyl halides is 3. The first-order valence-corrected chi connectivity index (χ1v) is 10.0. The van der Waals surface area contributed by atoms with Crippen LogP contribution in [0.1, 0.15) is 31.2 Å². The molecule has 1 aliphatic rings. The standard InChI is InChI=1S/C17H19F3N4O3S/c18-17(19,20)13-6-1-10(14-8-23-16(21)9-22-14)7-15(13)28(26,27)24-11-2-4-12(25)5-3-11/h1,6-9,11-12,24-25H,2-5H2,(H2,21,23). The molecule has 0 saturated heterocycles. The van der Waals surface area contributed by atoms with E-state index in [-0.39, 0.29) is 17.1 Å². The molecule has 1 fully saturated rings. The van der Waals surface area contributed by atoms with Gasteiger partial charge in [-0.2, -0.15) is 13.2 Å². The lowest BCUT2D eigenvalue weighted by molar-refractivity contribution is -0.139. The Hall–Kier alpha value is -2.24. The number of rotatable bonds is 4. The lowest BCUT2D eigenvalue weighted by Crippen LogP contribution is -2.39. The zero-order chi connectivity index (χ0) is 20.5. The summed E-state index contributed by atoms with van der Waals surface area (Å²) in [7, 11) is -4.45. The minimum Gasteiger partial charge on any atom is -0.393 e. The van der Waals surface area contributed by atoms with Crippen molar-refractivity contribution in [3.8, 4) is 11.3 Å². The SMILES string of the molecule is Nc1cnc(-c2ccc(C(F)(F)F)c(S(=O)(=O)NC3CCC(O)CC3)c2)cn1. The van der Waals surface area contributed by atoms with E-state index in [0.29, 0.717) is 31.7 Å². The molecule has 0 unspecified atom stereocenters. The highest BCUT2D eigenvalue weighted by atomic mass is 32.2. The van der Waals surface area contributed by atoms with Crippen LogP contribution in [0.5, 0.6) is 0 Å². The van der Waals surface area contributed by atoms with Crippen molar-refractivity contribution in [2.75, 3.05) is 5.73 Å². The average Bonchev–Trinajstić information content (AvgIpc) is 2.63. The number of sulfonamides is 1. The maximum atomic E-state index is 13.4. The number of nitrogens with one attached hydrogen (secondary N) is 1. The quantitative estimate of drug-likeness (QED) is 0.704. The van der Waals surface area contributed by atoms with Crippen molar-refractivity contribution in [1.82, 2.24) is 14.7 Å². The molecule has 1 heterocycles. The highest BCUT2D eigenvalue weighted by molar-refractivity contribution is 7.89. The third-order valence-corrected chi connectivity index (χ3v) is 6.12. The molecule has 7 nitrogen and oxygen atoms in total. The third-order valence-electron chi connectivity index (χ3n) is 4.56. The van der Waals surface area contributed by atoms with E-state index < -0.39 is 38.8 Å². The number of hydrogen-bond donors (Lipinski definition) is 3. The number of benzene rings is 1. The molecular formula is C17H19F3N4O3S. The van der Waals surface area contributed by atoms with Gasteiger partial charge in [0, 0.05) is 11.6 Å². The maximum absolute atomic E-state index is 13.4. The Bertz CT molecular complexity index is 941. The molecule has 3 rings (SSSR count). The van der Waals surface area contributed by atoms with E-state index in [9.17, 15) is 26.7 Å². The van der Waals surface area contributed by atoms with Crippen molar-refractivity contribution < 1.29 is 26.7 Å². The number of hydrogen-bond acceptors (Lipinski definition) is 6. The van der Waals surface area contributed by atoms with Gasteiger partial charge in [-0.25, -0.2) is 18.1 Å². The monoisotopic (exact) mass is 416 g/mol. The second-order valence-electron chi connectivity index (χ2n) is 6.66. The van der Waals surface area contributed by atoms with Crippen LogP contribution < -0.4 is 10.5 Å². The minimum absolute atomic E-state index is 0.129. The molecule has 0 spiro atoms. The number of anilines is 1. The van der Waals surface area contributed by atoms with Gasteiger partial charge < -0.3 is 10.8 Å². The van der Waals surface area contributed by atoms with E-state index in [1.54, 1.807) is 0 Å². The zero-order valence-corrected chi connectivity index (χ0v) is 15.5. The smallest absolute Gasteiger partial charge is 0.393 e. The van der Waals surface area contributed by atoms with Crippen LogP contribution in [0.3, 0.4) is 0 Å². The van der Waals surface area contributed by atoms with E-state index in [1.165, 1.54) is 12.4 Å². The van der Waals surface area contributed by atoms with Crippen LogP contribution in [0, 0.1) is 0 Å². The van der Waals surface area contributed by atoms with Crippen molar-refractivity contribution in [1.29, 1.82) is 0 Å². The number of aromatic nitrogens is 2. The van der Waals surface area contributed by atoms with Crippen LogP contribution in [-0.4, -0.2) is 35.6 Å². The summed E-state index contributed by atoms with van der Waals surface area (Å²) >= 11 is 0. The molecule has 4 N–H and O–H groups in total. The van der Waals surface area contributed by atoms with Gasteiger partial charge >= 0.3 is 6.18 Å². The number of nitrogens with two attached hydrogens (primary N) is 1. The summed E-state index contributed by atoms with van der Waals surface area (Å²) < 4.78 is 68.1. The molecule has 11 heteroatoms. The van der Waals surface area contributed by atoms with Gasteiger partial charge in [0.15, 0.2) is 0 Å². The molecular weight excluding hydrogens is 397 g/mol. The molecule has 152 valence electrons. The van der Waals surface area contributed by atoms with E-state index in [0.717, 1.165) is 12.1 Å². The van der Waals surface area contributed by atoms with Crippen LogP contribution in [0.4, 0.5) is 19.0 Å². The van der Waals surface area contributed by atoms with Gasteiger partial charge in [-0.05, 0) is 37.8 Å². The highest BCUT2D eigenvalue weighted by Gasteiger charge is 2.38. The summed E-state index contributed by atoms with van der Waals surface area (Å²) in [5, 5.41) is 9.53. The average molecular weight is 416 g/mol. The number of aliphatic hydroxyl groups is 1. The fourth-order valence-electron chi connectivity index (χ4n) is 3.10. The number of aliphatic hydroxyl groups excluding tert-OH is 1. The lowest BCUT2D eigenvalue weighted by Gasteiger charge is -2.26. The summed E-state index contributed by atoms with van der Waals surface area (Å²) in [5.41, 5.74) is 4.55. The van der Waals surface area contributed by atoms with Gasteiger partial charge in [0.25, 0.3) is 0 Å². The Morgan fingerprint density at radius 2 is 1.79 bits per heavy atom. The van der Waals surface area contributed by atoms with E-state index in [1.807, 2.05) is 0 Å². The largest absolute Gasteiger partial charge is 0.417 e. The Kier molecular flexibility index (Phi) is 5.60. The van der Waals surface area contributed by atoms with Crippen LogP contribution >= 0.6 is 0 Å². The molecule has 1 aromatic heterocycles. The van der Waals surface area contributed by atoms with Gasteiger partial charge in [0.05, 0.1) is 34.7 Å². The molecule has 28 heavy (non-hydrogen) atoms. The van der Waals surface area contributed by atoms with Crippen molar-refractivity contribution in [3.63, 3.8) is 0 Å². The second-order valence-corrected chi connectivity index (χ2v) is 8.34. The molecule has 0 atom stereocenters. The summed E-state index contributed by atoms with van der Waals surface area (Å²) in [4.78, 5) is 6.93. The molecule has 0 radical (unpaired) electrons. The Labute approximate surface area is 159 Å². The molecule has 1 saturated carbocycles.